The van der Waals surface area contributed by atoms with Crippen LogP contribution in [-0.4, -0.2) is 26.3 Å². The first-order valence-corrected chi connectivity index (χ1v) is 5.87. The van der Waals surface area contributed by atoms with Crippen LogP contribution >= 0.6 is 11.6 Å². The molecule has 0 aromatic heterocycles. The first-order chi connectivity index (χ1) is 8.08. The van der Waals surface area contributed by atoms with Gasteiger partial charge in [-0.15, -0.1) is 0 Å². The Balaban J connectivity index is 2.75. The van der Waals surface area contributed by atoms with E-state index in [1.54, 1.807) is 13.2 Å². The molecule has 3 N–H and O–H groups in total. The van der Waals surface area contributed by atoms with Gasteiger partial charge in [-0.3, -0.25) is 0 Å². The van der Waals surface area contributed by atoms with E-state index in [-0.39, 0.29) is 18.0 Å². The van der Waals surface area contributed by atoms with E-state index in [4.69, 9.17) is 22.1 Å². The highest BCUT2D eigenvalue weighted by Gasteiger charge is 2.15. The number of hydrogen-bond donors (Lipinski definition) is 2. The summed E-state index contributed by atoms with van der Waals surface area (Å²) in [6.45, 7) is 2.83. The number of ether oxygens (including phenoxy) is 1. The summed E-state index contributed by atoms with van der Waals surface area (Å²) in [5.74, 6) is -0.303. The van der Waals surface area contributed by atoms with Crippen LogP contribution in [0.4, 0.5) is 4.39 Å². The zero-order valence-electron chi connectivity index (χ0n) is 10.0. The van der Waals surface area contributed by atoms with E-state index in [2.05, 4.69) is 5.32 Å². The van der Waals surface area contributed by atoms with Gasteiger partial charge < -0.3 is 15.8 Å². The Hall–Kier alpha value is -0.680. The second-order valence-corrected chi connectivity index (χ2v) is 4.35. The van der Waals surface area contributed by atoms with Crippen LogP contribution in [0.1, 0.15) is 18.5 Å². The molecule has 0 saturated carbocycles. The fourth-order valence-electron chi connectivity index (χ4n) is 1.49. The van der Waals surface area contributed by atoms with Crippen LogP contribution < -0.4 is 11.1 Å². The first-order valence-electron chi connectivity index (χ1n) is 5.49. The van der Waals surface area contributed by atoms with E-state index in [0.29, 0.717) is 23.7 Å². The van der Waals surface area contributed by atoms with E-state index in [1.165, 1.54) is 12.1 Å². The Kier molecular flexibility index (Phi) is 5.85. The molecule has 3 nitrogen and oxygen atoms in total. The van der Waals surface area contributed by atoms with Crippen molar-refractivity contribution in [1.29, 1.82) is 0 Å². The zero-order chi connectivity index (χ0) is 12.8. The lowest BCUT2D eigenvalue weighted by Crippen LogP contribution is -2.34. The second kappa shape index (κ2) is 6.91. The van der Waals surface area contributed by atoms with Crippen LogP contribution in [0.15, 0.2) is 18.2 Å². The number of nitrogens with two attached hydrogens (primary N) is 1. The van der Waals surface area contributed by atoms with Crippen molar-refractivity contribution in [2.75, 3.05) is 20.2 Å². The molecule has 0 aliphatic rings. The van der Waals surface area contributed by atoms with Crippen molar-refractivity contribution < 1.29 is 9.13 Å². The van der Waals surface area contributed by atoms with Crippen molar-refractivity contribution in [2.45, 2.75) is 19.1 Å². The zero-order valence-corrected chi connectivity index (χ0v) is 10.8. The fraction of sp³-hybridized carbons (Fsp3) is 0.500. The summed E-state index contributed by atoms with van der Waals surface area (Å²) in [6, 6.07) is 4.21. The minimum atomic E-state index is -0.303. The van der Waals surface area contributed by atoms with Crippen molar-refractivity contribution in [3.63, 3.8) is 0 Å². The summed E-state index contributed by atoms with van der Waals surface area (Å²) in [4.78, 5) is 0. The van der Waals surface area contributed by atoms with Crippen molar-refractivity contribution in [3.05, 3.63) is 34.6 Å². The highest BCUT2D eigenvalue weighted by molar-refractivity contribution is 6.30. The third-order valence-corrected chi connectivity index (χ3v) is 2.86. The van der Waals surface area contributed by atoms with Gasteiger partial charge in [-0.05, 0) is 25.1 Å². The maximum absolute atomic E-state index is 13.6. The van der Waals surface area contributed by atoms with Crippen LogP contribution in [0.3, 0.4) is 0 Å². The maximum Gasteiger partial charge on any atom is 0.128 e. The Labute approximate surface area is 106 Å². The van der Waals surface area contributed by atoms with Crippen LogP contribution in [0.2, 0.25) is 5.02 Å². The standard InChI is InChI=1S/C12H18ClFN2O/c1-8(17-2)7-16-12(6-15)10-5-9(13)3-4-11(10)14/h3-5,8,12,16H,6-7,15H2,1-2H3. The molecular weight excluding hydrogens is 243 g/mol. The molecule has 17 heavy (non-hydrogen) atoms. The van der Waals surface area contributed by atoms with Crippen LogP contribution in [-0.2, 0) is 4.74 Å². The topological polar surface area (TPSA) is 47.3 Å². The van der Waals surface area contributed by atoms with Gasteiger partial charge in [0.15, 0.2) is 0 Å². The molecule has 1 aromatic rings. The normalized spacial score (nSPS) is 14.6. The van der Waals surface area contributed by atoms with E-state index in [0.717, 1.165) is 0 Å². The third kappa shape index (κ3) is 4.24. The van der Waals surface area contributed by atoms with Crippen LogP contribution in [0.25, 0.3) is 0 Å². The molecule has 0 heterocycles. The summed E-state index contributed by atoms with van der Waals surface area (Å²) in [7, 11) is 1.63. The molecule has 0 bridgehead atoms. The molecule has 96 valence electrons. The van der Waals surface area contributed by atoms with Crippen molar-refractivity contribution in [1.82, 2.24) is 5.32 Å². The van der Waals surface area contributed by atoms with Gasteiger partial charge in [0.1, 0.15) is 5.82 Å². The van der Waals surface area contributed by atoms with Crippen LogP contribution in [0, 0.1) is 5.82 Å². The highest BCUT2D eigenvalue weighted by Crippen LogP contribution is 2.20. The number of rotatable bonds is 6. The molecule has 2 atom stereocenters. The van der Waals surface area contributed by atoms with Gasteiger partial charge in [0.05, 0.1) is 6.10 Å². The van der Waals surface area contributed by atoms with Crippen molar-refractivity contribution >= 4 is 11.6 Å². The molecule has 1 rings (SSSR count). The average Bonchev–Trinajstić information content (AvgIpc) is 2.33. The highest BCUT2D eigenvalue weighted by atomic mass is 35.5. The SMILES string of the molecule is COC(C)CNC(CN)c1cc(Cl)ccc1F. The number of benzene rings is 1. The molecular formula is C12H18ClFN2O. The Morgan fingerprint density at radius 1 is 1.53 bits per heavy atom. The lowest BCUT2D eigenvalue weighted by atomic mass is 10.1. The molecule has 0 amide bonds. The molecule has 5 heteroatoms. The Morgan fingerprint density at radius 3 is 2.82 bits per heavy atom. The first kappa shape index (κ1) is 14.4. The minimum absolute atomic E-state index is 0.0475. The summed E-state index contributed by atoms with van der Waals surface area (Å²) in [5, 5.41) is 3.66. The van der Waals surface area contributed by atoms with Gasteiger partial charge in [-0.1, -0.05) is 11.6 Å². The summed E-state index contributed by atoms with van der Waals surface area (Å²) in [5.41, 5.74) is 6.13. The lowest BCUT2D eigenvalue weighted by Gasteiger charge is -2.20. The quantitative estimate of drug-likeness (QED) is 0.824. The van der Waals surface area contributed by atoms with Crippen molar-refractivity contribution in [2.24, 2.45) is 5.73 Å². The molecule has 2 unspecified atom stereocenters. The molecule has 0 spiro atoms. The Morgan fingerprint density at radius 2 is 2.24 bits per heavy atom. The predicted octanol–water partition coefficient (Wildman–Crippen LogP) is 2.10. The number of halogens is 2. The van der Waals surface area contributed by atoms with Gasteiger partial charge >= 0.3 is 0 Å². The van der Waals surface area contributed by atoms with E-state index < -0.39 is 0 Å². The van der Waals surface area contributed by atoms with Gasteiger partial charge in [-0.25, -0.2) is 4.39 Å². The van der Waals surface area contributed by atoms with Gasteiger partial charge in [0, 0.05) is 36.8 Å². The smallest absolute Gasteiger partial charge is 0.128 e. The molecule has 0 aliphatic heterocycles. The van der Waals surface area contributed by atoms with Gasteiger partial charge in [-0.2, -0.15) is 0 Å². The number of nitrogens with one attached hydrogen (secondary N) is 1. The summed E-state index contributed by atoms with van der Waals surface area (Å²) >= 11 is 5.85. The van der Waals surface area contributed by atoms with E-state index in [1.807, 2.05) is 6.92 Å². The minimum Gasteiger partial charge on any atom is -0.380 e. The number of hydrogen-bond acceptors (Lipinski definition) is 3. The van der Waals surface area contributed by atoms with E-state index in [9.17, 15) is 4.39 Å². The summed E-state index contributed by atoms with van der Waals surface area (Å²) in [6.07, 6.45) is 0.0475. The molecule has 1 aromatic carbocycles. The molecule has 0 saturated heterocycles. The molecule has 0 fully saturated rings. The largest absolute Gasteiger partial charge is 0.380 e. The summed E-state index contributed by atoms with van der Waals surface area (Å²) < 4.78 is 18.7. The fourth-order valence-corrected chi connectivity index (χ4v) is 1.67. The van der Waals surface area contributed by atoms with Gasteiger partial charge in [0.25, 0.3) is 0 Å². The number of methoxy groups -OCH3 is 1. The lowest BCUT2D eigenvalue weighted by molar-refractivity contribution is 0.114. The maximum atomic E-state index is 13.6. The second-order valence-electron chi connectivity index (χ2n) is 3.91. The predicted molar refractivity (Wildman–Crippen MR) is 67.7 cm³/mol. The Bertz CT molecular complexity index is 362. The third-order valence-electron chi connectivity index (χ3n) is 2.62. The van der Waals surface area contributed by atoms with Crippen molar-refractivity contribution in [3.8, 4) is 0 Å². The van der Waals surface area contributed by atoms with Crippen LogP contribution in [0.5, 0.6) is 0 Å². The molecule has 0 aliphatic carbocycles. The van der Waals surface area contributed by atoms with E-state index >= 15 is 0 Å². The average molecular weight is 261 g/mol. The monoisotopic (exact) mass is 260 g/mol. The molecule has 0 radical (unpaired) electrons. The van der Waals surface area contributed by atoms with Gasteiger partial charge in [0.2, 0.25) is 0 Å².